The summed E-state index contributed by atoms with van der Waals surface area (Å²) in [6, 6.07) is 14.4. The zero-order valence-corrected chi connectivity index (χ0v) is 14.7. The van der Waals surface area contributed by atoms with Crippen molar-refractivity contribution in [3.63, 3.8) is 0 Å². The van der Waals surface area contributed by atoms with Gasteiger partial charge < -0.3 is 10.1 Å². The monoisotopic (exact) mass is 355 g/mol. The minimum atomic E-state index is -0.200. The lowest BCUT2D eigenvalue weighted by atomic mass is 10.2. The Morgan fingerprint density at radius 3 is 2.68 bits per heavy atom. The summed E-state index contributed by atoms with van der Waals surface area (Å²) in [5.74, 6) is 0.582. The predicted molar refractivity (Wildman–Crippen MR) is 98.7 cm³/mol. The van der Waals surface area contributed by atoms with Crippen LogP contribution in [0.15, 0.2) is 58.5 Å². The normalized spacial score (nSPS) is 10.6. The van der Waals surface area contributed by atoms with Gasteiger partial charge in [0.25, 0.3) is 5.56 Å². The van der Waals surface area contributed by atoms with E-state index in [4.69, 9.17) is 4.74 Å². The van der Waals surface area contributed by atoms with Gasteiger partial charge in [-0.25, -0.2) is 4.98 Å². The number of benzene rings is 2. The van der Waals surface area contributed by atoms with E-state index in [2.05, 4.69) is 10.3 Å². The number of rotatable bonds is 5. The van der Waals surface area contributed by atoms with Crippen LogP contribution in [0.3, 0.4) is 0 Å². The molecule has 1 N–H and O–H groups in total. The van der Waals surface area contributed by atoms with Gasteiger partial charge in [-0.15, -0.1) is 0 Å². The molecular weight excluding hydrogens is 338 g/mol. The van der Waals surface area contributed by atoms with Crippen molar-refractivity contribution < 1.29 is 9.53 Å². The molecule has 1 heterocycles. The summed E-state index contributed by atoms with van der Waals surface area (Å²) < 4.78 is 6.89. The van der Waals surface area contributed by atoms with Gasteiger partial charge in [0.15, 0.2) is 5.16 Å². The number of hydrogen-bond donors (Lipinski definition) is 1. The van der Waals surface area contributed by atoms with Gasteiger partial charge in [-0.3, -0.25) is 14.2 Å². The van der Waals surface area contributed by atoms with Gasteiger partial charge in [-0.2, -0.15) is 0 Å². The topological polar surface area (TPSA) is 73.2 Å². The van der Waals surface area contributed by atoms with E-state index < -0.39 is 0 Å². The van der Waals surface area contributed by atoms with Crippen LogP contribution in [0.1, 0.15) is 0 Å². The first kappa shape index (κ1) is 17.0. The number of carbonyl (C=O) groups is 1. The minimum Gasteiger partial charge on any atom is -0.495 e. The highest BCUT2D eigenvalue weighted by Crippen LogP contribution is 2.26. The summed E-state index contributed by atoms with van der Waals surface area (Å²) in [5, 5.41) is 3.52. The zero-order valence-electron chi connectivity index (χ0n) is 13.9. The number of aromatic nitrogens is 2. The van der Waals surface area contributed by atoms with Crippen molar-refractivity contribution in [2.45, 2.75) is 5.16 Å². The predicted octanol–water partition coefficient (Wildman–Crippen LogP) is 2.23. The molecule has 3 aromatic rings. The van der Waals surface area contributed by atoms with Gasteiger partial charge in [-0.05, 0) is 24.3 Å². The quantitative estimate of drug-likeness (QED) is 0.561. The van der Waals surface area contributed by atoms with Crippen molar-refractivity contribution in [1.82, 2.24) is 14.9 Å². The van der Waals surface area contributed by atoms with Crippen molar-refractivity contribution in [2.75, 3.05) is 19.9 Å². The molecular formula is C18H17N3O3S. The maximum atomic E-state index is 13.1. The number of thioether (sulfide) groups is 1. The lowest BCUT2D eigenvalue weighted by Gasteiger charge is -2.15. The summed E-state index contributed by atoms with van der Waals surface area (Å²) in [4.78, 5) is 29.3. The summed E-state index contributed by atoms with van der Waals surface area (Å²) >= 11 is 1.21. The minimum absolute atomic E-state index is 0.140. The van der Waals surface area contributed by atoms with Crippen LogP contribution < -0.4 is 15.6 Å². The van der Waals surface area contributed by atoms with Gasteiger partial charge >= 0.3 is 0 Å². The third-order valence-corrected chi connectivity index (χ3v) is 4.62. The summed E-state index contributed by atoms with van der Waals surface area (Å²) in [7, 11) is 3.12. The molecule has 0 fully saturated rings. The number of carbonyl (C=O) groups excluding carboxylic acids is 1. The van der Waals surface area contributed by atoms with Gasteiger partial charge in [-0.1, -0.05) is 36.0 Å². The number of ether oxygens (including phenoxy) is 1. The van der Waals surface area contributed by atoms with Crippen LogP contribution in [0.5, 0.6) is 5.75 Å². The van der Waals surface area contributed by atoms with E-state index in [0.29, 0.717) is 27.5 Å². The number of nitrogens with one attached hydrogen (secondary N) is 1. The maximum Gasteiger partial charge on any atom is 0.266 e. The second-order valence-corrected chi connectivity index (χ2v) is 6.13. The Balaban J connectivity index is 2.25. The first-order valence-electron chi connectivity index (χ1n) is 7.64. The molecule has 0 saturated carbocycles. The molecule has 0 bridgehead atoms. The fourth-order valence-electron chi connectivity index (χ4n) is 2.44. The Hall–Kier alpha value is -2.80. The van der Waals surface area contributed by atoms with Crippen LogP contribution in [-0.2, 0) is 4.79 Å². The molecule has 2 aromatic carbocycles. The largest absolute Gasteiger partial charge is 0.495 e. The second kappa shape index (κ2) is 7.40. The average molecular weight is 355 g/mol. The molecule has 0 aliphatic heterocycles. The van der Waals surface area contributed by atoms with Gasteiger partial charge in [0.05, 0.1) is 29.5 Å². The van der Waals surface area contributed by atoms with Gasteiger partial charge in [0, 0.05) is 7.05 Å². The van der Waals surface area contributed by atoms with Crippen LogP contribution in [-0.4, -0.2) is 35.4 Å². The second-order valence-electron chi connectivity index (χ2n) is 5.19. The van der Waals surface area contributed by atoms with E-state index in [1.165, 1.54) is 16.3 Å². The fraction of sp³-hybridized carbons (Fsp3) is 0.167. The van der Waals surface area contributed by atoms with Crippen LogP contribution in [0.2, 0.25) is 0 Å². The SMILES string of the molecule is CNC(=O)CSc1nc2ccccc2c(=O)n1-c1ccccc1OC. The number of fused-ring (bicyclic) bond motifs is 1. The summed E-state index contributed by atoms with van der Waals surface area (Å²) in [6.45, 7) is 0. The molecule has 0 radical (unpaired) electrons. The van der Waals surface area contributed by atoms with Crippen molar-refractivity contribution >= 4 is 28.6 Å². The van der Waals surface area contributed by atoms with E-state index in [0.717, 1.165) is 0 Å². The molecule has 0 spiro atoms. The smallest absolute Gasteiger partial charge is 0.266 e. The van der Waals surface area contributed by atoms with Crippen LogP contribution >= 0.6 is 11.8 Å². The number of hydrogen-bond acceptors (Lipinski definition) is 5. The molecule has 6 nitrogen and oxygen atoms in total. The van der Waals surface area contributed by atoms with Crippen molar-refractivity contribution in [3.8, 4) is 11.4 Å². The third-order valence-electron chi connectivity index (χ3n) is 3.68. The van der Waals surface area contributed by atoms with Crippen molar-refractivity contribution in [3.05, 3.63) is 58.9 Å². The molecule has 128 valence electrons. The van der Waals surface area contributed by atoms with E-state index in [9.17, 15) is 9.59 Å². The molecule has 0 saturated heterocycles. The fourth-order valence-corrected chi connectivity index (χ4v) is 3.32. The summed E-state index contributed by atoms with van der Waals surface area (Å²) in [5.41, 5.74) is 0.986. The van der Waals surface area contributed by atoms with Crippen LogP contribution in [0.25, 0.3) is 16.6 Å². The van der Waals surface area contributed by atoms with Gasteiger partial charge in [0.2, 0.25) is 5.91 Å². The Morgan fingerprint density at radius 1 is 1.20 bits per heavy atom. The number of nitrogens with zero attached hydrogens (tertiary/aromatic N) is 2. The molecule has 0 atom stereocenters. The zero-order chi connectivity index (χ0) is 17.8. The first-order chi connectivity index (χ1) is 12.2. The number of amides is 1. The summed E-state index contributed by atoms with van der Waals surface area (Å²) in [6.07, 6.45) is 0. The Kier molecular flexibility index (Phi) is 5.04. The molecule has 0 aliphatic carbocycles. The highest BCUT2D eigenvalue weighted by molar-refractivity contribution is 7.99. The first-order valence-corrected chi connectivity index (χ1v) is 8.63. The highest BCUT2D eigenvalue weighted by Gasteiger charge is 2.16. The number of methoxy groups -OCH3 is 1. The van der Waals surface area contributed by atoms with E-state index in [1.807, 2.05) is 18.2 Å². The van der Waals surface area contributed by atoms with E-state index in [-0.39, 0.29) is 17.2 Å². The third kappa shape index (κ3) is 3.36. The lowest BCUT2D eigenvalue weighted by Crippen LogP contribution is -2.24. The van der Waals surface area contributed by atoms with Crippen LogP contribution in [0.4, 0.5) is 0 Å². The Bertz CT molecular complexity index is 985. The van der Waals surface area contributed by atoms with Gasteiger partial charge in [0.1, 0.15) is 5.75 Å². The van der Waals surface area contributed by atoms with E-state index in [1.54, 1.807) is 44.5 Å². The molecule has 25 heavy (non-hydrogen) atoms. The van der Waals surface area contributed by atoms with Crippen molar-refractivity contribution in [1.29, 1.82) is 0 Å². The molecule has 0 unspecified atom stereocenters. The Labute approximate surface area is 148 Å². The van der Waals surface area contributed by atoms with E-state index >= 15 is 0 Å². The highest BCUT2D eigenvalue weighted by atomic mass is 32.2. The average Bonchev–Trinajstić information content (AvgIpc) is 2.66. The molecule has 7 heteroatoms. The maximum absolute atomic E-state index is 13.1. The standard InChI is InChI=1S/C18H17N3O3S/c1-19-16(22)11-25-18-20-13-8-4-3-7-12(13)17(23)21(18)14-9-5-6-10-15(14)24-2/h3-10H,11H2,1-2H3,(H,19,22). The Morgan fingerprint density at radius 2 is 1.92 bits per heavy atom. The molecule has 0 aliphatic rings. The molecule has 3 rings (SSSR count). The molecule has 1 aromatic heterocycles. The lowest BCUT2D eigenvalue weighted by molar-refractivity contribution is -0.118. The van der Waals surface area contributed by atoms with Crippen molar-refractivity contribution in [2.24, 2.45) is 0 Å². The van der Waals surface area contributed by atoms with Crippen LogP contribution in [0, 0.1) is 0 Å². The molecule has 1 amide bonds. The number of para-hydroxylation sites is 3.